The van der Waals surface area contributed by atoms with E-state index in [1.807, 2.05) is 9.80 Å². The Kier molecular flexibility index (Phi) is 7.21. The number of amides is 1. The number of ether oxygens (including phenoxy) is 1. The van der Waals surface area contributed by atoms with E-state index in [0.29, 0.717) is 50.9 Å². The zero-order valence-electron chi connectivity index (χ0n) is 17.2. The first-order chi connectivity index (χ1) is 13.6. The number of halogens is 1. The van der Waals surface area contributed by atoms with E-state index in [0.717, 1.165) is 25.7 Å². The highest BCUT2D eigenvalue weighted by molar-refractivity contribution is 5.76. The van der Waals surface area contributed by atoms with Gasteiger partial charge in [-0.3, -0.25) is 4.79 Å². The summed E-state index contributed by atoms with van der Waals surface area (Å²) >= 11 is 0. The van der Waals surface area contributed by atoms with Gasteiger partial charge in [-0.1, -0.05) is 33.1 Å². The van der Waals surface area contributed by atoms with E-state index < -0.39 is 5.95 Å². The molecule has 1 spiro atoms. The quantitative estimate of drug-likeness (QED) is 0.712. The highest BCUT2D eigenvalue weighted by Crippen LogP contribution is 2.32. The molecule has 0 aromatic carbocycles. The van der Waals surface area contributed by atoms with Crippen molar-refractivity contribution in [3.05, 3.63) is 18.3 Å². The summed E-state index contributed by atoms with van der Waals surface area (Å²) in [6.45, 7) is 7.59. The van der Waals surface area contributed by atoms with Crippen LogP contribution in [-0.4, -0.2) is 59.2 Å². The summed E-state index contributed by atoms with van der Waals surface area (Å²) in [6, 6.07) is 0. The first kappa shape index (κ1) is 21.0. The lowest BCUT2D eigenvalue weighted by Crippen LogP contribution is -2.58. The molecule has 1 amide bonds. The third-order valence-electron chi connectivity index (χ3n) is 6.22. The normalized spacial score (nSPS) is 20.4. The van der Waals surface area contributed by atoms with Gasteiger partial charge in [0, 0.05) is 45.0 Å². The van der Waals surface area contributed by atoms with Crippen LogP contribution in [0.15, 0.2) is 12.4 Å². The molecule has 2 aliphatic rings. The van der Waals surface area contributed by atoms with E-state index in [4.69, 9.17) is 4.74 Å². The number of anilines is 1. The van der Waals surface area contributed by atoms with Crippen LogP contribution >= 0.6 is 0 Å². The fourth-order valence-corrected chi connectivity index (χ4v) is 4.33. The molecule has 2 aliphatic heterocycles. The smallest absolute Gasteiger partial charge is 0.255 e. The van der Waals surface area contributed by atoms with Crippen LogP contribution in [0.25, 0.3) is 0 Å². The van der Waals surface area contributed by atoms with Crippen LogP contribution < -0.4 is 4.90 Å². The number of aromatic nitrogens is 2. The van der Waals surface area contributed by atoms with Crippen LogP contribution in [0.2, 0.25) is 0 Å². The van der Waals surface area contributed by atoms with Gasteiger partial charge in [-0.2, -0.15) is 4.39 Å². The number of hydrogen-bond donors (Lipinski definition) is 0. The van der Waals surface area contributed by atoms with Crippen molar-refractivity contribution >= 4 is 11.7 Å². The monoisotopic (exact) mass is 392 g/mol. The average molecular weight is 393 g/mol. The second kappa shape index (κ2) is 9.63. The fourth-order valence-electron chi connectivity index (χ4n) is 4.33. The molecular formula is C21H33FN4O2. The standard InChI is InChI=1S/C21H33FN4O2/c1-3-5-6-17(4-2)15-18(27)26-13-14-28-21(16-26)7-11-25(12-8-21)20-19(22)23-9-10-24-20/h9-10,17H,3-8,11-16H2,1-2H3. The van der Waals surface area contributed by atoms with Crippen molar-refractivity contribution < 1.29 is 13.9 Å². The molecule has 28 heavy (non-hydrogen) atoms. The van der Waals surface area contributed by atoms with Crippen LogP contribution in [0.4, 0.5) is 10.2 Å². The number of hydrogen-bond acceptors (Lipinski definition) is 5. The van der Waals surface area contributed by atoms with E-state index in [-0.39, 0.29) is 11.5 Å². The van der Waals surface area contributed by atoms with Gasteiger partial charge in [0.25, 0.3) is 5.95 Å². The highest BCUT2D eigenvalue weighted by atomic mass is 19.1. The zero-order chi connectivity index (χ0) is 20.0. The predicted molar refractivity (Wildman–Crippen MR) is 107 cm³/mol. The molecule has 1 aromatic rings. The third-order valence-corrected chi connectivity index (χ3v) is 6.22. The van der Waals surface area contributed by atoms with E-state index in [9.17, 15) is 9.18 Å². The van der Waals surface area contributed by atoms with Crippen LogP contribution in [-0.2, 0) is 9.53 Å². The molecule has 1 aromatic heterocycles. The van der Waals surface area contributed by atoms with Crippen LogP contribution in [0.1, 0.15) is 58.8 Å². The lowest BCUT2D eigenvalue weighted by Gasteiger charge is -2.47. The van der Waals surface area contributed by atoms with Crippen molar-refractivity contribution in [1.29, 1.82) is 0 Å². The summed E-state index contributed by atoms with van der Waals surface area (Å²) in [5.41, 5.74) is -0.311. The zero-order valence-corrected chi connectivity index (χ0v) is 17.2. The first-order valence-corrected chi connectivity index (χ1v) is 10.7. The molecule has 0 saturated carbocycles. The largest absolute Gasteiger partial charge is 0.371 e. The number of carbonyl (C=O) groups excluding carboxylic acids is 1. The molecule has 3 rings (SSSR count). The van der Waals surface area contributed by atoms with Gasteiger partial charge in [-0.15, -0.1) is 0 Å². The number of piperidine rings is 1. The Bertz CT molecular complexity index is 649. The van der Waals surface area contributed by atoms with Crippen molar-refractivity contribution in [1.82, 2.24) is 14.9 Å². The fraction of sp³-hybridized carbons (Fsp3) is 0.762. The Morgan fingerprint density at radius 1 is 1.25 bits per heavy atom. The summed E-state index contributed by atoms with van der Waals surface area (Å²) in [4.78, 5) is 24.6. The maximum absolute atomic E-state index is 13.9. The number of unbranched alkanes of at least 4 members (excludes halogenated alkanes) is 1. The molecule has 0 N–H and O–H groups in total. The SMILES string of the molecule is CCCCC(CC)CC(=O)N1CCOC2(CCN(c3nccnc3F)CC2)C1. The van der Waals surface area contributed by atoms with Gasteiger partial charge in [0.2, 0.25) is 5.91 Å². The maximum Gasteiger partial charge on any atom is 0.255 e. The third kappa shape index (κ3) is 4.99. The molecule has 7 heteroatoms. The predicted octanol–water partition coefficient (Wildman–Crippen LogP) is 3.42. The summed E-state index contributed by atoms with van der Waals surface area (Å²) in [5.74, 6) is 0.515. The Labute approximate surface area is 167 Å². The Hall–Kier alpha value is -1.76. The molecule has 1 unspecified atom stereocenters. The minimum Gasteiger partial charge on any atom is -0.371 e. The lowest BCUT2D eigenvalue weighted by molar-refractivity contribution is -0.155. The van der Waals surface area contributed by atoms with E-state index in [1.165, 1.54) is 25.2 Å². The van der Waals surface area contributed by atoms with Crippen LogP contribution in [0, 0.1) is 11.9 Å². The van der Waals surface area contributed by atoms with Crippen molar-refractivity contribution in [2.45, 2.75) is 64.4 Å². The van der Waals surface area contributed by atoms with E-state index in [2.05, 4.69) is 23.8 Å². The number of morpholine rings is 1. The van der Waals surface area contributed by atoms with Gasteiger partial charge in [-0.25, -0.2) is 9.97 Å². The highest BCUT2D eigenvalue weighted by Gasteiger charge is 2.41. The van der Waals surface area contributed by atoms with Gasteiger partial charge in [0.1, 0.15) is 0 Å². The summed E-state index contributed by atoms with van der Waals surface area (Å²) in [6.07, 6.45) is 9.60. The van der Waals surface area contributed by atoms with E-state index >= 15 is 0 Å². The van der Waals surface area contributed by atoms with Gasteiger partial charge < -0.3 is 14.5 Å². The van der Waals surface area contributed by atoms with Crippen LogP contribution in [0.5, 0.6) is 0 Å². The number of rotatable bonds is 7. The second-order valence-corrected chi connectivity index (χ2v) is 8.13. The molecule has 1 atom stereocenters. The average Bonchev–Trinajstić information content (AvgIpc) is 2.72. The summed E-state index contributed by atoms with van der Waals surface area (Å²) < 4.78 is 20.1. The molecule has 0 radical (unpaired) electrons. The minimum absolute atomic E-state index is 0.257. The van der Waals surface area contributed by atoms with Gasteiger partial charge in [-0.05, 0) is 25.2 Å². The molecule has 6 nitrogen and oxygen atoms in total. The van der Waals surface area contributed by atoms with Crippen molar-refractivity contribution in [2.24, 2.45) is 5.92 Å². The molecular weight excluding hydrogens is 359 g/mol. The minimum atomic E-state index is -0.530. The van der Waals surface area contributed by atoms with Gasteiger partial charge in [0.05, 0.1) is 12.2 Å². The Morgan fingerprint density at radius 3 is 2.68 bits per heavy atom. The molecule has 156 valence electrons. The molecule has 2 fully saturated rings. The summed E-state index contributed by atoms with van der Waals surface area (Å²) in [5, 5.41) is 0. The second-order valence-electron chi connectivity index (χ2n) is 8.13. The molecule has 3 heterocycles. The lowest BCUT2D eigenvalue weighted by atomic mass is 9.88. The number of carbonyl (C=O) groups is 1. The summed E-state index contributed by atoms with van der Waals surface area (Å²) in [7, 11) is 0. The molecule has 0 bridgehead atoms. The van der Waals surface area contributed by atoms with Gasteiger partial charge >= 0.3 is 0 Å². The molecule has 0 aliphatic carbocycles. The van der Waals surface area contributed by atoms with Crippen molar-refractivity contribution in [2.75, 3.05) is 37.7 Å². The Balaban J connectivity index is 1.56. The topological polar surface area (TPSA) is 58.6 Å². The maximum atomic E-state index is 13.9. The van der Waals surface area contributed by atoms with Crippen LogP contribution in [0.3, 0.4) is 0 Å². The van der Waals surface area contributed by atoms with Gasteiger partial charge in [0.15, 0.2) is 5.82 Å². The molecule has 2 saturated heterocycles. The van der Waals surface area contributed by atoms with E-state index in [1.54, 1.807) is 0 Å². The van der Waals surface area contributed by atoms with Crippen molar-refractivity contribution in [3.8, 4) is 0 Å². The first-order valence-electron chi connectivity index (χ1n) is 10.7. The Morgan fingerprint density at radius 2 is 2.00 bits per heavy atom. The number of nitrogens with zero attached hydrogens (tertiary/aromatic N) is 4. The van der Waals surface area contributed by atoms with Crippen molar-refractivity contribution in [3.63, 3.8) is 0 Å².